The number of carbonyl (C=O) groups excluding carboxylic acids is 1. The second kappa shape index (κ2) is 6.23. The number of aliphatic carboxylic acids is 1. The second-order valence-electron chi connectivity index (χ2n) is 4.26. The van der Waals surface area contributed by atoms with Crippen LogP contribution < -0.4 is 0 Å². The number of aliphatic hydroxyl groups is 1. The number of carboxylic acid groups (broad SMARTS) is 1. The molecule has 0 spiro atoms. The normalized spacial score (nSPS) is 12.1. The van der Waals surface area contributed by atoms with Crippen molar-refractivity contribution in [3.8, 4) is 0 Å². The Hall–Kier alpha value is -2.65. The number of hydrogen-bond donors (Lipinski definition) is 2. The zero-order valence-electron chi connectivity index (χ0n) is 11.2. The van der Waals surface area contributed by atoms with Crippen molar-refractivity contribution in [2.45, 2.75) is 4.90 Å². The molecule has 8 nitrogen and oxygen atoms in total. The van der Waals surface area contributed by atoms with E-state index in [2.05, 4.69) is 5.10 Å². The number of aromatic nitrogens is 2. The summed E-state index contributed by atoms with van der Waals surface area (Å²) in [5, 5.41) is 22.0. The molecule has 10 heteroatoms. The fraction of sp³-hybridized carbons (Fsp3) is 0. The van der Waals surface area contributed by atoms with Crippen molar-refractivity contribution < 1.29 is 28.2 Å². The van der Waals surface area contributed by atoms with Crippen molar-refractivity contribution >= 4 is 39.1 Å². The number of halogens is 1. The van der Waals surface area contributed by atoms with Crippen LogP contribution in [0.3, 0.4) is 0 Å². The van der Waals surface area contributed by atoms with Gasteiger partial charge in [-0.3, -0.25) is 4.79 Å². The van der Waals surface area contributed by atoms with E-state index in [1.54, 1.807) is 0 Å². The van der Waals surface area contributed by atoms with Crippen LogP contribution in [0.5, 0.6) is 0 Å². The lowest BCUT2D eigenvalue weighted by atomic mass is 10.2. The maximum atomic E-state index is 12.3. The summed E-state index contributed by atoms with van der Waals surface area (Å²) in [5.41, 5.74) is -0.128. The second-order valence-corrected chi connectivity index (χ2v) is 6.49. The third-order valence-corrected chi connectivity index (χ3v) is 4.50. The molecule has 23 heavy (non-hydrogen) atoms. The Morgan fingerprint density at radius 2 is 1.78 bits per heavy atom. The van der Waals surface area contributed by atoms with Gasteiger partial charge in [-0.2, -0.15) is 17.6 Å². The summed E-state index contributed by atoms with van der Waals surface area (Å²) in [7, 11) is -4.01. The van der Waals surface area contributed by atoms with Crippen LogP contribution in [0.15, 0.2) is 47.6 Å². The van der Waals surface area contributed by atoms with E-state index in [0.717, 1.165) is 12.4 Å². The van der Waals surface area contributed by atoms with Gasteiger partial charge >= 0.3 is 5.97 Å². The largest absolute Gasteiger partial charge is 0.507 e. The number of rotatable bonds is 5. The molecule has 0 aliphatic heterocycles. The van der Waals surface area contributed by atoms with Crippen molar-refractivity contribution in [3.63, 3.8) is 0 Å². The Balaban J connectivity index is 2.37. The van der Waals surface area contributed by atoms with E-state index < -0.39 is 27.5 Å². The quantitative estimate of drug-likeness (QED) is 0.470. The van der Waals surface area contributed by atoms with Gasteiger partial charge < -0.3 is 10.2 Å². The van der Waals surface area contributed by atoms with Gasteiger partial charge in [-0.1, -0.05) is 11.6 Å². The molecular weight excluding hydrogens is 348 g/mol. The standard InChI is InChI=1S/C13H9ClN2O6S/c14-9-1-3-10(4-2-9)23(21,22)16-7-8(6-15-16)11(17)5-12(18)13(19)20/h1-7,17H,(H,19,20). The predicted octanol–water partition coefficient (Wildman–Crippen LogP) is 1.33. The molecule has 1 aromatic carbocycles. The highest BCUT2D eigenvalue weighted by Gasteiger charge is 2.19. The molecule has 2 aromatic rings. The molecule has 0 unspecified atom stereocenters. The number of aliphatic hydroxyl groups excluding tert-OH is 1. The first kappa shape index (κ1) is 16.7. The Bertz CT molecular complexity index is 899. The third-order valence-electron chi connectivity index (χ3n) is 2.69. The summed E-state index contributed by atoms with van der Waals surface area (Å²) in [4.78, 5) is 21.3. The van der Waals surface area contributed by atoms with Gasteiger partial charge in [0.25, 0.3) is 15.8 Å². The average Bonchev–Trinajstić information content (AvgIpc) is 2.98. The lowest BCUT2D eigenvalue weighted by Gasteiger charge is -2.03. The van der Waals surface area contributed by atoms with Crippen LogP contribution >= 0.6 is 11.6 Å². The fourth-order valence-electron chi connectivity index (χ4n) is 1.55. The molecule has 2 rings (SSSR count). The zero-order valence-corrected chi connectivity index (χ0v) is 12.8. The molecule has 2 N–H and O–H groups in total. The third kappa shape index (κ3) is 3.58. The number of nitrogens with zero attached hydrogens (tertiary/aromatic N) is 2. The van der Waals surface area contributed by atoms with Gasteiger partial charge in [-0.05, 0) is 24.3 Å². The molecular formula is C13H9ClN2O6S. The molecule has 120 valence electrons. The van der Waals surface area contributed by atoms with Crippen molar-refractivity contribution in [2.24, 2.45) is 0 Å². The monoisotopic (exact) mass is 356 g/mol. The fourth-order valence-corrected chi connectivity index (χ4v) is 2.80. The van der Waals surface area contributed by atoms with Crippen LogP contribution in [0, 0.1) is 0 Å². The summed E-state index contributed by atoms with van der Waals surface area (Å²) >= 11 is 5.69. The molecule has 0 amide bonds. The number of ketones is 1. The molecule has 0 bridgehead atoms. The van der Waals surface area contributed by atoms with Gasteiger partial charge in [-0.25, -0.2) is 4.79 Å². The smallest absolute Gasteiger partial charge is 0.376 e. The van der Waals surface area contributed by atoms with Gasteiger partial charge in [0.1, 0.15) is 5.76 Å². The summed E-state index contributed by atoms with van der Waals surface area (Å²) in [6, 6.07) is 5.34. The van der Waals surface area contributed by atoms with Crippen LogP contribution in [0.1, 0.15) is 5.56 Å². The molecule has 0 saturated heterocycles. The highest BCUT2D eigenvalue weighted by atomic mass is 35.5. The van der Waals surface area contributed by atoms with Gasteiger partial charge in [0.2, 0.25) is 0 Å². The minimum atomic E-state index is -4.01. The van der Waals surface area contributed by atoms with E-state index in [1.807, 2.05) is 0 Å². The van der Waals surface area contributed by atoms with Crippen molar-refractivity contribution in [3.05, 3.63) is 53.3 Å². The van der Waals surface area contributed by atoms with Crippen LogP contribution in [0.4, 0.5) is 0 Å². The first-order valence-corrected chi connectivity index (χ1v) is 7.77. The predicted molar refractivity (Wildman–Crippen MR) is 79.5 cm³/mol. The number of carbonyl (C=O) groups is 2. The molecule has 0 aliphatic carbocycles. The highest BCUT2D eigenvalue weighted by Crippen LogP contribution is 2.18. The SMILES string of the molecule is O=C(O)C(=O)C=C(O)c1cnn(S(=O)(=O)c2ccc(Cl)cc2)c1. The number of hydrogen-bond acceptors (Lipinski definition) is 6. The van der Waals surface area contributed by atoms with Gasteiger partial charge in [-0.15, -0.1) is 0 Å². The maximum absolute atomic E-state index is 12.3. The molecule has 0 radical (unpaired) electrons. The van der Waals surface area contributed by atoms with Crippen LogP contribution in [-0.4, -0.2) is 39.6 Å². The molecule has 0 saturated carbocycles. The number of carboxylic acids is 1. The minimum Gasteiger partial charge on any atom is -0.507 e. The van der Waals surface area contributed by atoms with Crippen LogP contribution in [-0.2, 0) is 19.6 Å². The summed E-state index contributed by atoms with van der Waals surface area (Å²) < 4.78 is 25.2. The van der Waals surface area contributed by atoms with E-state index in [9.17, 15) is 23.1 Å². The van der Waals surface area contributed by atoms with Crippen LogP contribution in [0.25, 0.3) is 5.76 Å². The van der Waals surface area contributed by atoms with E-state index in [0.29, 0.717) is 15.2 Å². The van der Waals surface area contributed by atoms with Crippen LogP contribution in [0.2, 0.25) is 5.02 Å². The molecule has 1 heterocycles. The van der Waals surface area contributed by atoms with Gasteiger partial charge in [0, 0.05) is 11.1 Å². The van der Waals surface area contributed by atoms with E-state index in [4.69, 9.17) is 16.7 Å². The first-order chi connectivity index (χ1) is 10.7. The van der Waals surface area contributed by atoms with Crippen molar-refractivity contribution in [1.82, 2.24) is 9.19 Å². The van der Waals surface area contributed by atoms with E-state index in [1.165, 1.54) is 24.3 Å². The van der Waals surface area contributed by atoms with Gasteiger partial charge in [0.15, 0.2) is 0 Å². The summed E-state index contributed by atoms with van der Waals surface area (Å²) in [6.07, 6.45) is 2.39. The average molecular weight is 357 g/mol. The summed E-state index contributed by atoms with van der Waals surface area (Å²) in [5.74, 6) is -3.82. The Kier molecular flexibility index (Phi) is 4.52. The Morgan fingerprint density at radius 1 is 1.17 bits per heavy atom. The Morgan fingerprint density at radius 3 is 2.35 bits per heavy atom. The zero-order chi connectivity index (χ0) is 17.2. The van der Waals surface area contributed by atoms with Gasteiger partial charge in [0.05, 0.1) is 22.9 Å². The lowest BCUT2D eigenvalue weighted by molar-refractivity contribution is -0.146. The molecule has 0 aliphatic rings. The maximum Gasteiger partial charge on any atom is 0.376 e. The molecule has 0 atom stereocenters. The lowest BCUT2D eigenvalue weighted by Crippen LogP contribution is -2.13. The minimum absolute atomic E-state index is 0.0818. The Labute approximate surface area is 135 Å². The molecule has 1 aromatic heterocycles. The van der Waals surface area contributed by atoms with Crippen molar-refractivity contribution in [1.29, 1.82) is 0 Å². The van der Waals surface area contributed by atoms with Crippen molar-refractivity contribution in [2.75, 3.05) is 0 Å². The molecule has 0 fully saturated rings. The number of benzene rings is 1. The topological polar surface area (TPSA) is 127 Å². The first-order valence-electron chi connectivity index (χ1n) is 5.96. The highest BCUT2D eigenvalue weighted by molar-refractivity contribution is 7.89. The van der Waals surface area contributed by atoms with E-state index >= 15 is 0 Å². The van der Waals surface area contributed by atoms with E-state index in [-0.39, 0.29) is 10.5 Å². The summed E-state index contributed by atoms with van der Waals surface area (Å²) in [6.45, 7) is 0.